The highest BCUT2D eigenvalue weighted by Gasteiger charge is 2.19. The van der Waals surface area contributed by atoms with Gasteiger partial charge in [0.1, 0.15) is 0 Å². The molecule has 0 saturated carbocycles. The first-order chi connectivity index (χ1) is 9.22. The lowest BCUT2D eigenvalue weighted by Crippen LogP contribution is -2.25. The molecule has 0 radical (unpaired) electrons. The van der Waals surface area contributed by atoms with E-state index in [2.05, 4.69) is 59.4 Å². The molecule has 1 unspecified atom stereocenters. The van der Waals surface area contributed by atoms with E-state index in [9.17, 15) is 0 Å². The van der Waals surface area contributed by atoms with E-state index in [1.165, 1.54) is 47.7 Å². The van der Waals surface area contributed by atoms with E-state index >= 15 is 0 Å². The Morgan fingerprint density at radius 2 is 2.16 bits per heavy atom. The van der Waals surface area contributed by atoms with Gasteiger partial charge in [-0.15, -0.1) is 0 Å². The summed E-state index contributed by atoms with van der Waals surface area (Å²) in [5.74, 6) is 0. The third-order valence-corrected chi connectivity index (χ3v) is 4.48. The summed E-state index contributed by atoms with van der Waals surface area (Å²) in [6.45, 7) is 5.47. The van der Waals surface area contributed by atoms with Gasteiger partial charge in [0.15, 0.2) is 0 Å². The van der Waals surface area contributed by atoms with Crippen molar-refractivity contribution in [1.29, 1.82) is 0 Å². The van der Waals surface area contributed by atoms with Crippen molar-refractivity contribution in [2.75, 3.05) is 6.54 Å². The molecular formula is C17H24BrN. The molecule has 1 aromatic rings. The second-order valence-electron chi connectivity index (χ2n) is 5.44. The second-order valence-corrected chi connectivity index (χ2v) is 6.29. The Morgan fingerprint density at radius 3 is 2.84 bits per heavy atom. The molecule has 1 nitrogen and oxygen atoms in total. The van der Waals surface area contributed by atoms with Gasteiger partial charge in [-0.25, -0.2) is 0 Å². The molecule has 0 fully saturated rings. The number of allylic oxidation sites excluding steroid dienone is 1. The lowest BCUT2D eigenvalue weighted by atomic mass is 9.89. The van der Waals surface area contributed by atoms with Crippen LogP contribution in [-0.2, 0) is 0 Å². The number of aryl methyl sites for hydroxylation is 1. The smallest absolute Gasteiger partial charge is 0.0547 e. The number of hydrogen-bond acceptors (Lipinski definition) is 1. The van der Waals surface area contributed by atoms with Crippen LogP contribution >= 0.6 is 15.9 Å². The summed E-state index contributed by atoms with van der Waals surface area (Å²) in [7, 11) is 0. The predicted molar refractivity (Wildman–Crippen MR) is 86.5 cm³/mol. The number of hydrogen-bond donors (Lipinski definition) is 1. The van der Waals surface area contributed by atoms with E-state index < -0.39 is 0 Å². The third-order valence-electron chi connectivity index (χ3n) is 3.76. The summed E-state index contributed by atoms with van der Waals surface area (Å²) in [6.07, 6.45) is 8.78. The minimum absolute atomic E-state index is 0.384. The molecule has 1 N–H and O–H groups in total. The largest absolute Gasteiger partial charge is 0.306 e. The van der Waals surface area contributed by atoms with Gasteiger partial charge >= 0.3 is 0 Å². The van der Waals surface area contributed by atoms with Crippen molar-refractivity contribution < 1.29 is 0 Å². The molecule has 2 rings (SSSR count). The molecule has 0 saturated heterocycles. The topological polar surface area (TPSA) is 12.0 Å². The summed E-state index contributed by atoms with van der Waals surface area (Å²) in [5, 5.41) is 3.73. The van der Waals surface area contributed by atoms with Crippen molar-refractivity contribution in [1.82, 2.24) is 5.32 Å². The lowest BCUT2D eigenvalue weighted by Gasteiger charge is -2.26. The highest BCUT2D eigenvalue weighted by Crippen LogP contribution is 2.34. The maximum Gasteiger partial charge on any atom is 0.0547 e. The van der Waals surface area contributed by atoms with Crippen molar-refractivity contribution in [3.8, 4) is 0 Å². The first-order valence-electron chi connectivity index (χ1n) is 7.40. The Hall–Kier alpha value is -0.600. The first-order valence-corrected chi connectivity index (χ1v) is 8.20. The van der Waals surface area contributed by atoms with Gasteiger partial charge in [0.2, 0.25) is 0 Å². The predicted octanol–water partition coefficient (Wildman–Crippen LogP) is 5.30. The molecule has 2 heteroatoms. The third kappa shape index (κ3) is 3.93. The van der Waals surface area contributed by atoms with E-state index in [1.54, 1.807) is 5.57 Å². The maximum absolute atomic E-state index is 3.73. The van der Waals surface area contributed by atoms with Crippen LogP contribution in [0.1, 0.15) is 56.2 Å². The van der Waals surface area contributed by atoms with Crippen LogP contribution in [0.15, 0.2) is 34.3 Å². The van der Waals surface area contributed by atoms with Crippen LogP contribution < -0.4 is 5.32 Å². The van der Waals surface area contributed by atoms with Crippen molar-refractivity contribution in [2.45, 2.75) is 52.0 Å². The molecule has 1 aliphatic carbocycles. The number of rotatable bonds is 5. The van der Waals surface area contributed by atoms with Gasteiger partial charge in [0.25, 0.3) is 0 Å². The fraction of sp³-hybridized carbons (Fsp3) is 0.529. The summed E-state index contributed by atoms with van der Waals surface area (Å²) >= 11 is 3.72. The van der Waals surface area contributed by atoms with Crippen LogP contribution in [0.3, 0.4) is 0 Å². The Labute approximate surface area is 125 Å². The molecule has 0 aliphatic heterocycles. The lowest BCUT2D eigenvalue weighted by molar-refractivity contribution is 0.545. The average Bonchev–Trinajstić information content (AvgIpc) is 2.44. The number of benzene rings is 1. The Morgan fingerprint density at radius 1 is 1.32 bits per heavy atom. The second kappa shape index (κ2) is 7.25. The minimum Gasteiger partial charge on any atom is -0.306 e. The fourth-order valence-electron chi connectivity index (χ4n) is 2.74. The molecule has 1 aromatic carbocycles. The Kier molecular flexibility index (Phi) is 5.65. The van der Waals surface area contributed by atoms with Crippen molar-refractivity contribution in [3.63, 3.8) is 0 Å². The summed E-state index contributed by atoms with van der Waals surface area (Å²) in [4.78, 5) is 0. The number of halogens is 1. The van der Waals surface area contributed by atoms with Crippen molar-refractivity contribution in [3.05, 3.63) is 45.4 Å². The summed E-state index contributed by atoms with van der Waals surface area (Å²) in [6, 6.07) is 7.04. The van der Waals surface area contributed by atoms with E-state index in [0.717, 1.165) is 6.54 Å². The zero-order valence-electron chi connectivity index (χ0n) is 12.0. The van der Waals surface area contributed by atoms with Crippen molar-refractivity contribution in [2.24, 2.45) is 0 Å². The molecule has 19 heavy (non-hydrogen) atoms. The van der Waals surface area contributed by atoms with E-state index in [-0.39, 0.29) is 0 Å². The van der Waals surface area contributed by atoms with Crippen LogP contribution in [0.4, 0.5) is 0 Å². The summed E-state index contributed by atoms with van der Waals surface area (Å²) < 4.78 is 1.22. The molecule has 0 spiro atoms. The minimum atomic E-state index is 0.384. The van der Waals surface area contributed by atoms with Crippen LogP contribution in [0.25, 0.3) is 0 Å². The van der Waals surface area contributed by atoms with Gasteiger partial charge in [-0.3, -0.25) is 0 Å². The SMILES string of the molecule is CCCNC(C1=CCCCC1)c1cc(C)ccc1Br. The Balaban J connectivity index is 2.30. The summed E-state index contributed by atoms with van der Waals surface area (Å²) in [5.41, 5.74) is 4.30. The zero-order valence-corrected chi connectivity index (χ0v) is 13.6. The molecule has 0 aromatic heterocycles. The van der Waals surface area contributed by atoms with Crippen LogP contribution in [0.5, 0.6) is 0 Å². The average molecular weight is 322 g/mol. The van der Waals surface area contributed by atoms with Gasteiger partial charge in [0.05, 0.1) is 6.04 Å². The molecular weight excluding hydrogens is 298 g/mol. The quantitative estimate of drug-likeness (QED) is 0.726. The highest BCUT2D eigenvalue weighted by atomic mass is 79.9. The molecule has 0 bridgehead atoms. The van der Waals surface area contributed by atoms with E-state index in [1.807, 2.05) is 0 Å². The first kappa shape index (κ1) is 14.8. The van der Waals surface area contributed by atoms with Gasteiger partial charge < -0.3 is 5.32 Å². The Bertz CT molecular complexity index is 451. The highest BCUT2D eigenvalue weighted by molar-refractivity contribution is 9.10. The maximum atomic E-state index is 3.73. The molecule has 0 amide bonds. The standard InChI is InChI=1S/C17H24BrN/c1-3-11-19-17(14-7-5-4-6-8-14)15-12-13(2)9-10-16(15)18/h7,9-10,12,17,19H,3-6,8,11H2,1-2H3. The van der Waals surface area contributed by atoms with E-state index in [0.29, 0.717) is 6.04 Å². The molecule has 104 valence electrons. The zero-order chi connectivity index (χ0) is 13.7. The van der Waals surface area contributed by atoms with Gasteiger partial charge in [-0.05, 0) is 57.2 Å². The number of nitrogens with one attached hydrogen (secondary N) is 1. The van der Waals surface area contributed by atoms with E-state index in [4.69, 9.17) is 0 Å². The monoisotopic (exact) mass is 321 g/mol. The molecule has 1 aliphatic rings. The fourth-order valence-corrected chi connectivity index (χ4v) is 3.21. The van der Waals surface area contributed by atoms with Gasteiger partial charge in [-0.1, -0.05) is 52.2 Å². The van der Waals surface area contributed by atoms with Crippen LogP contribution in [-0.4, -0.2) is 6.54 Å². The normalized spacial score (nSPS) is 17.1. The van der Waals surface area contributed by atoms with Crippen molar-refractivity contribution >= 4 is 15.9 Å². The van der Waals surface area contributed by atoms with Crippen LogP contribution in [0.2, 0.25) is 0 Å². The molecule has 0 heterocycles. The molecule has 1 atom stereocenters. The van der Waals surface area contributed by atoms with Crippen LogP contribution in [0, 0.1) is 6.92 Å². The van der Waals surface area contributed by atoms with Gasteiger partial charge in [-0.2, -0.15) is 0 Å². The van der Waals surface area contributed by atoms with Gasteiger partial charge in [0, 0.05) is 4.47 Å².